The van der Waals surface area contributed by atoms with Gasteiger partial charge in [0.05, 0.1) is 10.6 Å². The van der Waals surface area contributed by atoms with Gasteiger partial charge in [0.25, 0.3) is 5.91 Å². The van der Waals surface area contributed by atoms with Crippen molar-refractivity contribution < 1.29 is 23.1 Å². The van der Waals surface area contributed by atoms with Crippen molar-refractivity contribution in [3.8, 4) is 0 Å². The lowest BCUT2D eigenvalue weighted by Gasteiger charge is -2.10. The first-order valence-electron chi connectivity index (χ1n) is 5.65. The Morgan fingerprint density at radius 1 is 1.10 bits per heavy atom. The molecule has 0 fully saturated rings. The number of carbonyl (C=O) groups is 2. The van der Waals surface area contributed by atoms with Gasteiger partial charge in [0.2, 0.25) is 0 Å². The fourth-order valence-electron chi connectivity index (χ4n) is 1.44. The summed E-state index contributed by atoms with van der Waals surface area (Å²) in [4.78, 5) is 22.7. The second kappa shape index (κ2) is 5.87. The average molecular weight is 297 g/mol. The van der Waals surface area contributed by atoms with Gasteiger partial charge in [-0.1, -0.05) is 12.1 Å². The lowest BCUT2D eigenvalue weighted by atomic mass is 10.1. The average Bonchev–Trinajstić information content (AvgIpc) is 2.36. The molecule has 0 aliphatic rings. The molecular formula is C13H15NO5S. The van der Waals surface area contributed by atoms with Gasteiger partial charge in [-0.2, -0.15) is 0 Å². The number of hydrogen-bond acceptors (Lipinski definition) is 4. The quantitative estimate of drug-likeness (QED) is 0.819. The molecule has 7 heteroatoms. The second-order valence-electron chi connectivity index (χ2n) is 4.28. The van der Waals surface area contributed by atoms with Crippen LogP contribution >= 0.6 is 0 Å². The van der Waals surface area contributed by atoms with Gasteiger partial charge in [-0.05, 0) is 26.0 Å². The number of anilines is 1. The molecule has 20 heavy (non-hydrogen) atoms. The normalized spacial score (nSPS) is 12.6. The van der Waals surface area contributed by atoms with Gasteiger partial charge in [0.1, 0.15) is 0 Å². The van der Waals surface area contributed by atoms with E-state index in [0.717, 1.165) is 6.26 Å². The maximum Gasteiger partial charge on any atom is 0.331 e. The Labute approximate surface area is 117 Å². The van der Waals surface area contributed by atoms with Crippen molar-refractivity contribution in [1.82, 2.24) is 0 Å². The van der Waals surface area contributed by atoms with Crippen LogP contribution in [0.4, 0.5) is 5.69 Å². The predicted octanol–water partition coefficient (Wildman–Crippen LogP) is 1.45. The molecule has 0 radical (unpaired) electrons. The van der Waals surface area contributed by atoms with Crippen molar-refractivity contribution in [1.29, 1.82) is 0 Å². The summed E-state index contributed by atoms with van der Waals surface area (Å²) in [7, 11) is -3.49. The molecule has 0 aliphatic carbocycles. The minimum absolute atomic E-state index is 0.0146. The van der Waals surface area contributed by atoms with Crippen LogP contribution in [-0.4, -0.2) is 31.7 Å². The summed E-state index contributed by atoms with van der Waals surface area (Å²) in [5.41, 5.74) is 0.0395. The van der Waals surface area contributed by atoms with E-state index in [0.29, 0.717) is 0 Å². The first-order valence-corrected chi connectivity index (χ1v) is 7.55. The highest BCUT2D eigenvalue weighted by atomic mass is 32.2. The van der Waals surface area contributed by atoms with E-state index in [2.05, 4.69) is 5.32 Å². The highest BCUT2D eigenvalue weighted by Crippen LogP contribution is 2.21. The predicted molar refractivity (Wildman–Crippen MR) is 74.2 cm³/mol. The summed E-state index contributed by atoms with van der Waals surface area (Å²) in [6, 6.07) is 5.93. The third kappa shape index (κ3) is 3.67. The standard InChI is InChI=1S/C13H15NO5S/c1-8(9(2)13(16)17)12(15)14-10-6-4-5-7-11(10)20(3,18)19/h4-7H,1-3H3,(H,14,15)(H,16,17). The fourth-order valence-corrected chi connectivity index (χ4v) is 2.28. The van der Waals surface area contributed by atoms with Crippen molar-refractivity contribution >= 4 is 27.4 Å². The lowest BCUT2D eigenvalue weighted by molar-refractivity contribution is -0.133. The van der Waals surface area contributed by atoms with Gasteiger partial charge in [0.15, 0.2) is 9.84 Å². The highest BCUT2D eigenvalue weighted by molar-refractivity contribution is 7.90. The molecule has 1 rings (SSSR count). The van der Waals surface area contributed by atoms with E-state index in [-0.39, 0.29) is 21.7 Å². The van der Waals surface area contributed by atoms with Crippen molar-refractivity contribution in [2.75, 3.05) is 11.6 Å². The van der Waals surface area contributed by atoms with Crippen molar-refractivity contribution in [3.63, 3.8) is 0 Å². The number of aliphatic carboxylic acids is 1. The van der Waals surface area contributed by atoms with E-state index in [1.54, 1.807) is 6.07 Å². The highest BCUT2D eigenvalue weighted by Gasteiger charge is 2.17. The minimum atomic E-state index is -3.49. The summed E-state index contributed by atoms with van der Waals surface area (Å²) in [5, 5.41) is 11.2. The Morgan fingerprint density at radius 3 is 2.15 bits per heavy atom. The summed E-state index contributed by atoms with van der Waals surface area (Å²) in [6.07, 6.45) is 1.03. The van der Waals surface area contributed by atoms with Crippen LogP contribution in [0.15, 0.2) is 40.3 Å². The van der Waals surface area contributed by atoms with E-state index in [9.17, 15) is 18.0 Å². The van der Waals surface area contributed by atoms with Gasteiger partial charge in [-0.3, -0.25) is 4.79 Å². The van der Waals surface area contributed by atoms with Gasteiger partial charge < -0.3 is 10.4 Å². The summed E-state index contributed by atoms with van der Waals surface area (Å²) >= 11 is 0. The number of para-hydroxylation sites is 1. The Morgan fingerprint density at radius 2 is 1.65 bits per heavy atom. The zero-order chi connectivity index (χ0) is 15.5. The van der Waals surface area contributed by atoms with E-state index in [1.165, 1.54) is 32.0 Å². The topological polar surface area (TPSA) is 101 Å². The number of amides is 1. The molecule has 108 valence electrons. The number of hydrogen-bond donors (Lipinski definition) is 2. The van der Waals surface area contributed by atoms with Crippen molar-refractivity contribution in [3.05, 3.63) is 35.4 Å². The van der Waals surface area contributed by atoms with Crippen LogP contribution in [-0.2, 0) is 19.4 Å². The number of carbonyl (C=O) groups excluding carboxylic acids is 1. The van der Waals surface area contributed by atoms with Gasteiger partial charge in [-0.25, -0.2) is 13.2 Å². The van der Waals surface area contributed by atoms with E-state index in [1.807, 2.05) is 0 Å². The molecule has 0 saturated carbocycles. The Bertz CT molecular complexity index is 688. The van der Waals surface area contributed by atoms with Gasteiger partial charge in [0, 0.05) is 17.4 Å². The zero-order valence-electron chi connectivity index (χ0n) is 11.3. The molecule has 0 unspecified atom stereocenters. The molecule has 0 heterocycles. The third-order valence-corrected chi connectivity index (χ3v) is 3.91. The maximum atomic E-state index is 11.9. The molecule has 6 nitrogen and oxygen atoms in total. The molecule has 0 saturated heterocycles. The van der Waals surface area contributed by atoms with Crippen molar-refractivity contribution in [2.24, 2.45) is 0 Å². The van der Waals surface area contributed by atoms with Crippen LogP contribution in [0, 0.1) is 0 Å². The molecule has 0 spiro atoms. The first kappa shape index (κ1) is 15.9. The van der Waals surface area contributed by atoms with Crippen LogP contribution < -0.4 is 5.32 Å². The SMILES string of the molecule is CC(C(=O)O)=C(C)C(=O)Nc1ccccc1S(C)(=O)=O. The van der Waals surface area contributed by atoms with E-state index < -0.39 is 21.7 Å². The first-order chi connectivity index (χ1) is 9.14. The third-order valence-electron chi connectivity index (χ3n) is 2.76. The van der Waals surface area contributed by atoms with E-state index >= 15 is 0 Å². The second-order valence-corrected chi connectivity index (χ2v) is 6.26. The van der Waals surface area contributed by atoms with E-state index in [4.69, 9.17) is 5.11 Å². The maximum absolute atomic E-state index is 11.9. The number of carboxylic acids is 1. The Hall–Kier alpha value is -2.15. The van der Waals surface area contributed by atoms with Crippen molar-refractivity contribution in [2.45, 2.75) is 18.7 Å². The number of sulfone groups is 1. The van der Waals surface area contributed by atoms with Crippen LogP contribution in [0.1, 0.15) is 13.8 Å². The Kier molecular flexibility index (Phi) is 4.67. The zero-order valence-corrected chi connectivity index (χ0v) is 12.1. The molecular weight excluding hydrogens is 282 g/mol. The van der Waals surface area contributed by atoms with Crippen LogP contribution in [0.2, 0.25) is 0 Å². The largest absolute Gasteiger partial charge is 0.478 e. The monoisotopic (exact) mass is 297 g/mol. The fraction of sp³-hybridized carbons (Fsp3) is 0.231. The molecule has 0 aliphatic heterocycles. The number of benzene rings is 1. The molecule has 1 aromatic carbocycles. The molecule has 0 aromatic heterocycles. The van der Waals surface area contributed by atoms with Gasteiger partial charge >= 0.3 is 5.97 Å². The van der Waals surface area contributed by atoms with Gasteiger partial charge in [-0.15, -0.1) is 0 Å². The van der Waals surface area contributed by atoms with Crippen LogP contribution in [0.25, 0.3) is 0 Å². The summed E-state index contributed by atoms with van der Waals surface area (Å²) in [5.74, 6) is -1.85. The van der Waals surface area contributed by atoms with Crippen LogP contribution in [0.5, 0.6) is 0 Å². The van der Waals surface area contributed by atoms with Crippen LogP contribution in [0.3, 0.4) is 0 Å². The molecule has 2 N–H and O–H groups in total. The molecule has 1 amide bonds. The number of nitrogens with one attached hydrogen (secondary N) is 1. The molecule has 0 atom stereocenters. The molecule has 0 bridgehead atoms. The Balaban J connectivity index is 3.17. The molecule has 1 aromatic rings. The summed E-state index contributed by atoms with van der Waals surface area (Å²) < 4.78 is 23.2. The smallest absolute Gasteiger partial charge is 0.331 e. The minimum Gasteiger partial charge on any atom is -0.478 e. The lowest BCUT2D eigenvalue weighted by Crippen LogP contribution is -2.17. The number of carboxylic acid groups (broad SMARTS) is 1. The summed E-state index contributed by atoms with van der Waals surface area (Å²) in [6.45, 7) is 2.67. The number of rotatable bonds is 4.